The quantitative estimate of drug-likeness (QED) is 0.520. The molecular weight excluding hydrogens is 360 g/mol. The summed E-state index contributed by atoms with van der Waals surface area (Å²) in [5.74, 6) is 1.68. The van der Waals surface area contributed by atoms with Gasteiger partial charge in [0.25, 0.3) is 0 Å². The minimum atomic E-state index is 0.425. The van der Waals surface area contributed by atoms with E-state index in [2.05, 4.69) is 27.4 Å². The van der Waals surface area contributed by atoms with Gasteiger partial charge in [0.15, 0.2) is 0 Å². The van der Waals surface area contributed by atoms with Gasteiger partial charge in [0.1, 0.15) is 24.4 Å². The molecule has 0 atom stereocenters. The summed E-state index contributed by atoms with van der Waals surface area (Å²) in [5, 5.41) is 10.8. The molecule has 0 bridgehead atoms. The molecule has 1 aliphatic rings. The molecule has 3 aromatic rings. The van der Waals surface area contributed by atoms with Gasteiger partial charge in [-0.25, -0.2) is 0 Å². The summed E-state index contributed by atoms with van der Waals surface area (Å²) in [5.41, 5.74) is 4.72. The van der Waals surface area contributed by atoms with Crippen LogP contribution in [-0.2, 0) is 19.4 Å². The predicted octanol–water partition coefficient (Wildman–Crippen LogP) is 3.90. The minimum absolute atomic E-state index is 0.425. The third kappa shape index (κ3) is 3.93. The smallest absolute Gasteiger partial charge is 0.216 e. The van der Waals surface area contributed by atoms with Gasteiger partial charge in [-0.2, -0.15) is 14.9 Å². The van der Waals surface area contributed by atoms with Crippen molar-refractivity contribution in [2.24, 2.45) is 5.10 Å². The van der Waals surface area contributed by atoms with Crippen LogP contribution in [-0.4, -0.2) is 28.2 Å². The second-order valence-corrected chi connectivity index (χ2v) is 6.78. The van der Waals surface area contributed by atoms with Gasteiger partial charge >= 0.3 is 0 Å². The number of rotatable bonds is 6. The van der Waals surface area contributed by atoms with E-state index in [0.29, 0.717) is 11.4 Å². The molecule has 1 heterocycles. The van der Waals surface area contributed by atoms with Crippen molar-refractivity contribution in [3.63, 3.8) is 0 Å². The van der Waals surface area contributed by atoms with Crippen LogP contribution in [0.1, 0.15) is 28.7 Å². The average molecular weight is 380 g/mol. The van der Waals surface area contributed by atoms with Gasteiger partial charge in [0, 0.05) is 5.56 Å². The normalized spacial score (nSPS) is 13.1. The van der Waals surface area contributed by atoms with E-state index in [9.17, 15) is 0 Å². The summed E-state index contributed by atoms with van der Waals surface area (Å²) in [6.07, 6.45) is 6.79. The second kappa shape index (κ2) is 7.75. The lowest BCUT2D eigenvalue weighted by Gasteiger charge is -2.12. The molecule has 2 aromatic carbocycles. The minimum Gasteiger partial charge on any atom is -0.496 e. The van der Waals surface area contributed by atoms with Crippen LogP contribution in [0.2, 0.25) is 0 Å². The summed E-state index contributed by atoms with van der Waals surface area (Å²) >= 11 is 5.09. The molecule has 6 nitrogen and oxygen atoms in total. The summed E-state index contributed by atoms with van der Waals surface area (Å²) < 4.78 is 13.4. The van der Waals surface area contributed by atoms with Gasteiger partial charge in [-0.3, -0.25) is 5.10 Å². The monoisotopic (exact) mass is 380 g/mol. The first-order valence-electron chi connectivity index (χ1n) is 8.81. The number of ether oxygens (including phenoxy) is 2. The fourth-order valence-corrected chi connectivity index (χ4v) is 3.39. The van der Waals surface area contributed by atoms with Crippen LogP contribution in [0.3, 0.4) is 0 Å². The number of hydrogen-bond donors (Lipinski definition) is 1. The van der Waals surface area contributed by atoms with E-state index in [4.69, 9.17) is 21.7 Å². The maximum atomic E-state index is 6.02. The standard InChI is InChI=1S/C20H20N4O2S/c1-25-19-8-5-14(11-22-24-13-21-23-20(24)27)9-17(19)12-26-18-7-6-15-3-2-4-16(15)10-18/h5-11,13H,2-4,12H2,1H3,(H,23,27)/b22-11-. The number of methoxy groups -OCH3 is 1. The maximum Gasteiger partial charge on any atom is 0.216 e. The topological polar surface area (TPSA) is 64.4 Å². The van der Waals surface area contributed by atoms with Crippen molar-refractivity contribution in [1.82, 2.24) is 14.9 Å². The van der Waals surface area contributed by atoms with E-state index < -0.39 is 0 Å². The predicted molar refractivity (Wildman–Crippen MR) is 106 cm³/mol. The summed E-state index contributed by atoms with van der Waals surface area (Å²) in [4.78, 5) is 0. The molecule has 0 unspecified atom stereocenters. The zero-order chi connectivity index (χ0) is 18.6. The first-order chi connectivity index (χ1) is 13.2. The van der Waals surface area contributed by atoms with E-state index in [1.165, 1.54) is 35.0 Å². The summed E-state index contributed by atoms with van der Waals surface area (Å²) in [7, 11) is 1.66. The third-order valence-corrected chi connectivity index (χ3v) is 4.91. The van der Waals surface area contributed by atoms with E-state index >= 15 is 0 Å². The van der Waals surface area contributed by atoms with E-state index in [-0.39, 0.29) is 0 Å². The van der Waals surface area contributed by atoms with Gasteiger partial charge in [0.05, 0.1) is 13.3 Å². The number of nitrogens with one attached hydrogen (secondary N) is 1. The molecule has 138 valence electrons. The van der Waals surface area contributed by atoms with E-state index in [1.54, 1.807) is 13.3 Å². The average Bonchev–Trinajstić information content (AvgIpc) is 3.32. The molecule has 0 aliphatic heterocycles. The third-order valence-electron chi connectivity index (χ3n) is 4.64. The Morgan fingerprint density at radius 3 is 2.93 bits per heavy atom. The van der Waals surface area contributed by atoms with Crippen LogP contribution >= 0.6 is 12.2 Å². The molecule has 27 heavy (non-hydrogen) atoms. The summed E-state index contributed by atoms with van der Waals surface area (Å²) in [6, 6.07) is 12.2. The van der Waals surface area contributed by atoms with Crippen LogP contribution in [0.4, 0.5) is 0 Å². The maximum absolute atomic E-state index is 6.02. The lowest BCUT2D eigenvalue weighted by molar-refractivity contribution is 0.296. The number of H-pyrrole nitrogens is 1. The lowest BCUT2D eigenvalue weighted by atomic mass is 10.1. The van der Waals surface area contributed by atoms with Gasteiger partial charge in [-0.05, 0) is 78.5 Å². The fraction of sp³-hybridized carbons (Fsp3) is 0.250. The molecule has 0 saturated heterocycles. The highest BCUT2D eigenvalue weighted by Crippen LogP contribution is 2.27. The van der Waals surface area contributed by atoms with Crippen LogP contribution in [0.25, 0.3) is 0 Å². The molecule has 0 saturated carbocycles. The van der Waals surface area contributed by atoms with Crippen molar-refractivity contribution in [3.05, 3.63) is 69.8 Å². The molecule has 0 spiro atoms. The number of benzene rings is 2. The molecule has 0 amide bonds. The Balaban J connectivity index is 1.51. The molecule has 0 radical (unpaired) electrons. The van der Waals surface area contributed by atoms with Gasteiger partial charge in [-0.1, -0.05) is 6.07 Å². The van der Waals surface area contributed by atoms with E-state index in [0.717, 1.165) is 29.0 Å². The largest absolute Gasteiger partial charge is 0.496 e. The van der Waals surface area contributed by atoms with Crippen LogP contribution < -0.4 is 9.47 Å². The highest BCUT2D eigenvalue weighted by Gasteiger charge is 2.12. The number of aromatic amines is 1. The van der Waals surface area contributed by atoms with Crippen molar-refractivity contribution in [3.8, 4) is 11.5 Å². The van der Waals surface area contributed by atoms with Crippen molar-refractivity contribution in [2.45, 2.75) is 25.9 Å². The molecule has 0 fully saturated rings. The Hall–Kier alpha value is -2.93. The first-order valence-corrected chi connectivity index (χ1v) is 9.21. The van der Waals surface area contributed by atoms with Crippen LogP contribution in [0.5, 0.6) is 11.5 Å². The zero-order valence-corrected chi connectivity index (χ0v) is 15.8. The molecule has 4 rings (SSSR count). The lowest BCUT2D eigenvalue weighted by Crippen LogP contribution is -2.01. The molecule has 1 N–H and O–H groups in total. The molecule has 7 heteroatoms. The number of aromatic nitrogens is 3. The Kier molecular flexibility index (Phi) is 5.02. The van der Waals surface area contributed by atoms with Crippen molar-refractivity contribution >= 4 is 18.4 Å². The number of hydrogen-bond acceptors (Lipinski definition) is 5. The van der Waals surface area contributed by atoms with Crippen molar-refractivity contribution in [2.75, 3.05) is 7.11 Å². The highest BCUT2D eigenvalue weighted by atomic mass is 32.1. The molecule has 1 aliphatic carbocycles. The van der Waals surface area contributed by atoms with Gasteiger partial charge in [0.2, 0.25) is 4.77 Å². The number of aryl methyl sites for hydroxylation is 2. The molecular formula is C20H20N4O2S. The van der Waals surface area contributed by atoms with E-state index in [1.807, 2.05) is 24.3 Å². The Morgan fingerprint density at radius 1 is 1.22 bits per heavy atom. The van der Waals surface area contributed by atoms with Crippen LogP contribution in [0, 0.1) is 4.77 Å². The number of nitrogens with zero attached hydrogens (tertiary/aromatic N) is 3. The molecule has 1 aromatic heterocycles. The fourth-order valence-electron chi connectivity index (χ4n) is 3.24. The Morgan fingerprint density at radius 2 is 2.11 bits per heavy atom. The zero-order valence-electron chi connectivity index (χ0n) is 15.0. The second-order valence-electron chi connectivity index (χ2n) is 6.39. The van der Waals surface area contributed by atoms with Crippen molar-refractivity contribution < 1.29 is 9.47 Å². The first kappa shape index (κ1) is 17.5. The van der Waals surface area contributed by atoms with Gasteiger partial charge < -0.3 is 9.47 Å². The Labute approximate surface area is 162 Å². The highest BCUT2D eigenvalue weighted by molar-refractivity contribution is 7.71. The van der Waals surface area contributed by atoms with Crippen LogP contribution in [0.15, 0.2) is 47.8 Å². The Bertz CT molecular complexity index is 1040. The summed E-state index contributed by atoms with van der Waals surface area (Å²) in [6.45, 7) is 0.425. The number of fused-ring (bicyclic) bond motifs is 1. The van der Waals surface area contributed by atoms with Gasteiger partial charge in [-0.15, -0.1) is 0 Å². The SMILES string of the molecule is COc1ccc(/C=N\n2cn[nH]c2=S)cc1COc1ccc2c(c1)CCC2. The van der Waals surface area contributed by atoms with Crippen molar-refractivity contribution in [1.29, 1.82) is 0 Å².